The molecule has 4 unspecified atom stereocenters. The van der Waals surface area contributed by atoms with Crippen molar-refractivity contribution in [1.29, 1.82) is 0 Å². The Bertz CT molecular complexity index is 1240. The number of tetrazole rings is 1. The number of carboxylic acid groups (broad SMARTS) is 1. The van der Waals surface area contributed by atoms with Crippen LogP contribution in [0, 0.1) is 0 Å². The predicted octanol–water partition coefficient (Wildman–Crippen LogP) is -0.636. The summed E-state index contributed by atoms with van der Waals surface area (Å²) >= 11 is -7.86. The average Bonchev–Trinajstić information content (AvgIpc) is 3.39. The van der Waals surface area contributed by atoms with Crippen LogP contribution in [0.4, 0.5) is 13.2 Å². The summed E-state index contributed by atoms with van der Waals surface area (Å²) in [7, 11) is -4.08. The molecule has 0 bridgehead atoms. The number of carbonyl (C=O) groups excluding carboxylic acids is 2. The first-order chi connectivity index (χ1) is 19.8. The van der Waals surface area contributed by atoms with Gasteiger partial charge < -0.3 is 33.5 Å². The molecular formula is C17H22F3N6O10PS5. The summed E-state index contributed by atoms with van der Waals surface area (Å²) in [6.45, 7) is 1.46. The molecule has 1 fully saturated rings. The summed E-state index contributed by atoms with van der Waals surface area (Å²) in [5.41, 5.74) is -0.274. The molecule has 0 spiro atoms. The Labute approximate surface area is 253 Å². The molecule has 3 rings (SSSR count). The zero-order valence-electron chi connectivity index (χ0n) is 21.1. The largest absolute Gasteiger partial charge is 0.606 e. The number of alkyl halides is 3. The number of aliphatic carboxylic acids is 1. The third kappa shape index (κ3) is 6.87. The molecule has 2 amide bonds. The van der Waals surface area contributed by atoms with Crippen LogP contribution in [0.5, 0.6) is 0 Å². The molecule has 0 aliphatic carbocycles. The second-order valence-electron chi connectivity index (χ2n) is 7.98. The molecule has 0 saturated carbocycles. The number of thioether (sulfide) groups is 2. The molecule has 0 radical (unpaired) electrons. The van der Waals surface area contributed by atoms with Crippen LogP contribution in [0.1, 0.15) is 6.92 Å². The van der Waals surface area contributed by atoms with Crippen molar-refractivity contribution < 1.29 is 60.3 Å². The van der Waals surface area contributed by atoms with Crippen LogP contribution in [0.25, 0.3) is 0 Å². The lowest BCUT2D eigenvalue weighted by molar-refractivity contribution is -0.150. The lowest BCUT2D eigenvalue weighted by Crippen LogP contribution is -2.74. The number of amides is 2. The fraction of sp³-hybridized carbons (Fsp3) is 0.647. The standard InChI is InChI=1S/C17H22F3N6O10PS5/c1-2-36-37(31,32)8-25-16(22-23-24-25)39-4-9-3-38-13-10(12(27)26(13)11(9)14(28)29)21-15(30)17(40(33)5-18,41(34)6-19)42(35)7-20/h10,13H,2-8H2,1H3,(H,21,30)(H,28,29)(H,31,32)/t10-,13-,17?,40?,41?,42?/m1/s1. The Morgan fingerprint density at radius 3 is 2.36 bits per heavy atom. The minimum atomic E-state index is -4.08. The molecule has 236 valence electrons. The minimum absolute atomic E-state index is 0.0346. The quantitative estimate of drug-likeness (QED) is 0.0833. The number of aromatic nitrogens is 4. The molecule has 3 heterocycles. The summed E-state index contributed by atoms with van der Waals surface area (Å²) in [5, 5.41) is 21.5. The molecule has 1 saturated heterocycles. The smallest absolute Gasteiger partial charge is 0.492 e. The van der Waals surface area contributed by atoms with Gasteiger partial charge in [0.2, 0.25) is 5.16 Å². The van der Waals surface area contributed by atoms with Crippen molar-refractivity contribution in [2.24, 2.45) is 0 Å². The van der Waals surface area contributed by atoms with Gasteiger partial charge >= 0.3 is 22.9 Å². The fourth-order valence-electron chi connectivity index (χ4n) is 3.81. The summed E-state index contributed by atoms with van der Waals surface area (Å²) in [6.07, 6.45) is -0.584. The molecule has 6 atom stereocenters. The maximum atomic E-state index is 13.3. The van der Waals surface area contributed by atoms with E-state index in [-0.39, 0.29) is 28.8 Å². The number of carbonyl (C=O) groups is 3. The first-order valence-electron chi connectivity index (χ1n) is 11.2. The first-order valence-corrected chi connectivity index (χ1v) is 19.0. The summed E-state index contributed by atoms with van der Waals surface area (Å²) in [6, 6.07) is -7.36. The first kappa shape index (κ1) is 35.3. The maximum absolute atomic E-state index is 13.3. The van der Waals surface area contributed by atoms with Gasteiger partial charge in [0.1, 0.15) is 56.9 Å². The van der Waals surface area contributed by atoms with E-state index in [9.17, 15) is 55.8 Å². The van der Waals surface area contributed by atoms with E-state index in [1.54, 1.807) is 0 Å². The van der Waals surface area contributed by atoms with Gasteiger partial charge in [0.15, 0.2) is 0 Å². The number of hydrogen-bond acceptors (Lipinski definition) is 13. The molecule has 2 aliphatic heterocycles. The Kier molecular flexibility index (Phi) is 12.4. The van der Waals surface area contributed by atoms with Gasteiger partial charge in [-0.1, -0.05) is 11.8 Å². The number of β-lactam (4-membered cyclic amide) rings is 1. The van der Waals surface area contributed by atoms with Crippen molar-refractivity contribution >= 4 is 82.4 Å². The molecule has 25 heteroatoms. The summed E-state index contributed by atoms with van der Waals surface area (Å²) in [5.74, 6) is -4.46. The second-order valence-corrected chi connectivity index (χ2v) is 17.2. The van der Waals surface area contributed by atoms with E-state index in [2.05, 4.69) is 15.5 Å². The fourth-order valence-corrected chi connectivity index (χ4v) is 11.8. The van der Waals surface area contributed by atoms with Gasteiger partial charge in [0.05, 0.1) is 6.61 Å². The van der Waals surface area contributed by atoms with Gasteiger partial charge in [-0.2, -0.15) is 13.2 Å². The third-order valence-electron chi connectivity index (χ3n) is 5.53. The minimum Gasteiger partial charge on any atom is -0.606 e. The van der Waals surface area contributed by atoms with Crippen molar-refractivity contribution in [3.8, 4) is 0 Å². The van der Waals surface area contributed by atoms with E-state index >= 15 is 0 Å². The SMILES string of the molecule is CCOP(=O)(O)Cn1nnnc1SCC1=C(C(=O)O)N2C(=O)[C@@H](NC(=O)C([S+]([O-])CF)([S+]([O-])CF)[S+]([O-])CF)[C@H]2SC1. The molecule has 3 N–H and O–H groups in total. The predicted molar refractivity (Wildman–Crippen MR) is 145 cm³/mol. The molecule has 16 nitrogen and oxygen atoms in total. The second kappa shape index (κ2) is 14.7. The van der Waals surface area contributed by atoms with E-state index in [1.807, 2.05) is 5.32 Å². The average molecular weight is 719 g/mol. The molecular weight excluding hydrogens is 697 g/mol. The number of halogens is 3. The van der Waals surface area contributed by atoms with Crippen molar-refractivity contribution in [3.05, 3.63) is 11.3 Å². The van der Waals surface area contributed by atoms with Crippen molar-refractivity contribution in [2.45, 2.75) is 33.2 Å². The maximum Gasteiger partial charge on any atom is 0.492 e. The summed E-state index contributed by atoms with van der Waals surface area (Å²) in [4.78, 5) is 48.8. The van der Waals surface area contributed by atoms with E-state index in [0.717, 1.165) is 33.1 Å². The highest BCUT2D eigenvalue weighted by atomic mass is 32.3. The number of nitrogens with one attached hydrogen (secondary N) is 1. The van der Waals surface area contributed by atoms with Crippen LogP contribution in [0.2, 0.25) is 0 Å². The highest BCUT2D eigenvalue weighted by molar-refractivity contribution is 8.27. The van der Waals surface area contributed by atoms with E-state index in [1.165, 1.54) is 6.92 Å². The molecule has 1 aromatic rings. The monoisotopic (exact) mass is 718 g/mol. The van der Waals surface area contributed by atoms with Gasteiger partial charge in [-0.05, 0) is 22.9 Å². The van der Waals surface area contributed by atoms with Gasteiger partial charge in [-0.15, -0.1) is 16.9 Å². The summed E-state index contributed by atoms with van der Waals surface area (Å²) < 4.78 is 91.4. The molecule has 1 aromatic heterocycles. The highest BCUT2D eigenvalue weighted by Crippen LogP contribution is 2.45. The highest BCUT2D eigenvalue weighted by Gasteiger charge is 2.73. The Hall–Kier alpha value is -1.21. The number of carboxylic acids is 1. The van der Waals surface area contributed by atoms with Crippen LogP contribution in [-0.4, -0.2) is 118 Å². The zero-order valence-corrected chi connectivity index (χ0v) is 26.1. The van der Waals surface area contributed by atoms with Crippen LogP contribution < -0.4 is 5.32 Å². The molecule has 42 heavy (non-hydrogen) atoms. The number of fused-ring (bicyclic) bond motifs is 1. The zero-order chi connectivity index (χ0) is 31.4. The Morgan fingerprint density at radius 1 is 1.24 bits per heavy atom. The van der Waals surface area contributed by atoms with Gasteiger partial charge in [0.25, 0.3) is 23.9 Å². The Morgan fingerprint density at radius 2 is 1.83 bits per heavy atom. The molecule has 0 aromatic carbocycles. The van der Waals surface area contributed by atoms with E-state index < -0.39 is 104 Å². The van der Waals surface area contributed by atoms with E-state index in [0.29, 0.717) is 0 Å². The van der Waals surface area contributed by atoms with Crippen LogP contribution >= 0.6 is 31.1 Å². The van der Waals surface area contributed by atoms with Crippen LogP contribution in [-0.2, 0) is 63.3 Å². The van der Waals surface area contributed by atoms with Gasteiger partial charge in [0, 0.05) is 11.5 Å². The number of hydrogen-bond donors (Lipinski definition) is 3. The lowest BCUT2D eigenvalue weighted by atomic mass is 10.0. The third-order valence-corrected chi connectivity index (χ3v) is 15.5. The lowest BCUT2D eigenvalue weighted by Gasteiger charge is -2.49. The van der Waals surface area contributed by atoms with Crippen LogP contribution in [0.3, 0.4) is 0 Å². The number of rotatable bonds is 16. The normalized spacial score (nSPS) is 23.7. The van der Waals surface area contributed by atoms with Crippen LogP contribution in [0.15, 0.2) is 16.4 Å². The van der Waals surface area contributed by atoms with Crippen molar-refractivity contribution in [1.82, 2.24) is 30.4 Å². The topological polar surface area (TPSA) is 246 Å². The van der Waals surface area contributed by atoms with Crippen molar-refractivity contribution in [3.63, 3.8) is 0 Å². The van der Waals surface area contributed by atoms with Gasteiger partial charge in [-0.25, -0.2) is 9.48 Å². The molecule has 2 aliphatic rings. The van der Waals surface area contributed by atoms with E-state index in [4.69, 9.17) is 4.52 Å². The van der Waals surface area contributed by atoms with Crippen molar-refractivity contribution in [2.75, 3.05) is 36.1 Å². The Balaban J connectivity index is 1.81. The van der Waals surface area contributed by atoms with Gasteiger partial charge in [-0.3, -0.25) is 19.1 Å². The number of nitrogens with zero attached hydrogens (tertiary/aromatic N) is 5.